The number of hydrogen-bond donors (Lipinski definition) is 2. The van der Waals surface area contributed by atoms with Gasteiger partial charge in [-0.1, -0.05) is 35.9 Å². The van der Waals surface area contributed by atoms with Crippen molar-refractivity contribution in [1.82, 2.24) is 9.97 Å². The van der Waals surface area contributed by atoms with Gasteiger partial charge in [0.25, 0.3) is 0 Å². The van der Waals surface area contributed by atoms with Crippen LogP contribution in [0.5, 0.6) is 5.75 Å². The van der Waals surface area contributed by atoms with Gasteiger partial charge >= 0.3 is 0 Å². The maximum absolute atomic E-state index is 13.5. The monoisotopic (exact) mass is 421 g/mol. The highest BCUT2D eigenvalue weighted by Gasteiger charge is 2.21. The van der Waals surface area contributed by atoms with Gasteiger partial charge in [-0.3, -0.25) is 0 Å². The molecule has 0 aliphatic heterocycles. The number of aromatic nitrogens is 2. The molecule has 4 rings (SSSR count). The van der Waals surface area contributed by atoms with E-state index in [-0.39, 0.29) is 5.75 Å². The van der Waals surface area contributed by atoms with E-state index in [0.717, 1.165) is 22.2 Å². The number of benzene rings is 2. The summed E-state index contributed by atoms with van der Waals surface area (Å²) in [6.07, 6.45) is 1.72. The third-order valence-corrected chi connectivity index (χ3v) is 5.44. The van der Waals surface area contributed by atoms with Crippen LogP contribution in [0.4, 0.5) is 10.2 Å². The van der Waals surface area contributed by atoms with Crippen molar-refractivity contribution >= 4 is 28.3 Å². The Balaban J connectivity index is 1.89. The number of anilines is 1. The van der Waals surface area contributed by atoms with Gasteiger partial charge in [-0.25, -0.2) is 14.4 Å². The van der Waals surface area contributed by atoms with Crippen LogP contribution in [0.2, 0.25) is 5.02 Å². The number of hydrogen-bond acceptors (Lipinski definition) is 4. The second-order valence-corrected chi connectivity index (χ2v) is 7.72. The lowest BCUT2D eigenvalue weighted by Gasteiger charge is -2.23. The van der Waals surface area contributed by atoms with E-state index in [0.29, 0.717) is 27.5 Å². The Kier molecular flexibility index (Phi) is 5.55. The zero-order valence-corrected chi connectivity index (χ0v) is 17.4. The molecule has 0 amide bonds. The van der Waals surface area contributed by atoms with Gasteiger partial charge in [0.05, 0.1) is 6.04 Å². The molecule has 6 heteroatoms. The van der Waals surface area contributed by atoms with E-state index in [9.17, 15) is 9.50 Å². The Morgan fingerprint density at radius 3 is 2.63 bits per heavy atom. The van der Waals surface area contributed by atoms with Crippen LogP contribution >= 0.6 is 11.6 Å². The normalized spacial score (nSPS) is 12.1. The highest BCUT2D eigenvalue weighted by Crippen LogP contribution is 2.37. The summed E-state index contributed by atoms with van der Waals surface area (Å²) in [5.74, 6) is 0.728. The van der Waals surface area contributed by atoms with Crippen molar-refractivity contribution in [1.29, 1.82) is 0 Å². The molecule has 2 aromatic carbocycles. The Bertz CT molecular complexity index is 1230. The molecule has 0 saturated carbocycles. The molecule has 2 aromatic heterocycles. The van der Waals surface area contributed by atoms with Crippen molar-refractivity contribution in [3.63, 3.8) is 0 Å². The van der Waals surface area contributed by atoms with Crippen molar-refractivity contribution < 1.29 is 9.50 Å². The number of nitrogens with one attached hydrogen (secondary N) is 1. The number of pyridine rings is 2. The molecule has 0 aliphatic rings. The van der Waals surface area contributed by atoms with E-state index in [4.69, 9.17) is 11.6 Å². The zero-order chi connectivity index (χ0) is 21.3. The molecule has 1 atom stereocenters. The van der Waals surface area contributed by atoms with Crippen LogP contribution < -0.4 is 5.32 Å². The fourth-order valence-electron chi connectivity index (χ4n) is 3.50. The third-order valence-electron chi connectivity index (χ3n) is 5.07. The summed E-state index contributed by atoms with van der Waals surface area (Å²) in [6.45, 7) is 3.18. The first-order valence-electron chi connectivity index (χ1n) is 9.59. The van der Waals surface area contributed by atoms with Crippen molar-refractivity contribution in [2.45, 2.75) is 26.6 Å². The molecule has 4 aromatic rings. The molecule has 152 valence electrons. The molecule has 30 heavy (non-hydrogen) atoms. The van der Waals surface area contributed by atoms with Gasteiger partial charge in [-0.2, -0.15) is 0 Å². The molecule has 0 fully saturated rings. The Morgan fingerprint density at radius 2 is 1.87 bits per heavy atom. The number of phenolic OH excluding ortho intramolecular Hbond substituents is 1. The van der Waals surface area contributed by atoms with E-state index in [1.54, 1.807) is 18.3 Å². The predicted molar refractivity (Wildman–Crippen MR) is 119 cm³/mol. The maximum Gasteiger partial charge on any atom is 0.147 e. The molecular weight excluding hydrogens is 401 g/mol. The van der Waals surface area contributed by atoms with Gasteiger partial charge < -0.3 is 10.4 Å². The molecule has 0 bridgehead atoms. The number of halogens is 2. The standard InChI is InChI=1S/C24H21ClFN3O/c1-14-9-10-27-21(11-14)29-22(17-6-8-20(25)18(12-17)13-26)19-7-5-16-4-3-15(2)28-23(16)24(19)30/h3-12,22,30H,13H2,1-2H3,(H,27,29). The Morgan fingerprint density at radius 1 is 1.07 bits per heavy atom. The average Bonchev–Trinajstić information content (AvgIpc) is 2.74. The zero-order valence-electron chi connectivity index (χ0n) is 16.7. The summed E-state index contributed by atoms with van der Waals surface area (Å²) in [5, 5.41) is 15.7. The predicted octanol–water partition coefficient (Wildman–Crippen LogP) is 6.28. The van der Waals surface area contributed by atoms with Gasteiger partial charge in [0.2, 0.25) is 0 Å². The van der Waals surface area contributed by atoms with Crippen LogP contribution in [0, 0.1) is 13.8 Å². The summed E-state index contributed by atoms with van der Waals surface area (Å²) in [5.41, 5.74) is 4.16. The summed E-state index contributed by atoms with van der Waals surface area (Å²) in [7, 11) is 0. The molecule has 2 N–H and O–H groups in total. The van der Waals surface area contributed by atoms with Crippen LogP contribution in [0.15, 0.2) is 60.8 Å². The molecule has 0 aliphatic carbocycles. The minimum atomic E-state index is -0.674. The van der Waals surface area contributed by atoms with Gasteiger partial charge in [0.15, 0.2) is 0 Å². The third kappa shape index (κ3) is 3.94. The number of phenols is 1. The van der Waals surface area contributed by atoms with Gasteiger partial charge in [-0.15, -0.1) is 0 Å². The highest BCUT2D eigenvalue weighted by atomic mass is 35.5. The van der Waals surface area contributed by atoms with Crippen molar-refractivity contribution in [2.24, 2.45) is 0 Å². The molecule has 0 radical (unpaired) electrons. The SMILES string of the molecule is Cc1ccnc(NC(c2ccc(Cl)c(CF)c2)c2ccc3ccc(C)nc3c2O)c1. The minimum Gasteiger partial charge on any atom is -0.505 e. The van der Waals surface area contributed by atoms with Crippen LogP contribution in [-0.4, -0.2) is 15.1 Å². The second kappa shape index (κ2) is 8.28. The summed E-state index contributed by atoms with van der Waals surface area (Å²) in [6, 6.07) is 16.1. The van der Waals surface area contributed by atoms with Gasteiger partial charge in [-0.05, 0) is 55.3 Å². The topological polar surface area (TPSA) is 58.0 Å². The molecule has 4 nitrogen and oxygen atoms in total. The number of alkyl halides is 1. The highest BCUT2D eigenvalue weighted by molar-refractivity contribution is 6.31. The first kappa shape index (κ1) is 20.1. The molecule has 0 saturated heterocycles. The van der Waals surface area contributed by atoms with Gasteiger partial charge in [0, 0.05) is 33.4 Å². The van der Waals surface area contributed by atoms with Crippen molar-refractivity contribution in [3.8, 4) is 5.75 Å². The lowest BCUT2D eigenvalue weighted by atomic mass is 9.95. The number of fused-ring (bicyclic) bond motifs is 1. The van der Waals surface area contributed by atoms with Crippen LogP contribution in [-0.2, 0) is 6.67 Å². The van der Waals surface area contributed by atoms with Crippen LogP contribution in [0.25, 0.3) is 10.9 Å². The number of aryl methyl sites for hydroxylation is 2. The van der Waals surface area contributed by atoms with Gasteiger partial charge in [0.1, 0.15) is 23.8 Å². The fraction of sp³-hybridized carbons (Fsp3) is 0.167. The number of aromatic hydroxyl groups is 1. The van der Waals surface area contributed by atoms with E-state index >= 15 is 0 Å². The molecule has 2 heterocycles. The summed E-state index contributed by atoms with van der Waals surface area (Å²) >= 11 is 6.12. The summed E-state index contributed by atoms with van der Waals surface area (Å²) < 4.78 is 13.5. The molecule has 0 spiro atoms. The molecule has 1 unspecified atom stereocenters. The largest absolute Gasteiger partial charge is 0.505 e. The van der Waals surface area contributed by atoms with E-state index in [1.807, 2.05) is 56.3 Å². The number of nitrogens with zero attached hydrogens (tertiary/aromatic N) is 2. The van der Waals surface area contributed by atoms with E-state index in [1.165, 1.54) is 0 Å². The fourth-order valence-corrected chi connectivity index (χ4v) is 3.67. The van der Waals surface area contributed by atoms with Crippen molar-refractivity contribution in [3.05, 3.63) is 93.8 Å². The smallest absolute Gasteiger partial charge is 0.147 e. The van der Waals surface area contributed by atoms with E-state index < -0.39 is 12.7 Å². The lowest BCUT2D eigenvalue weighted by molar-refractivity contribution is 0.471. The first-order valence-corrected chi connectivity index (χ1v) is 9.97. The van der Waals surface area contributed by atoms with Crippen LogP contribution in [0.1, 0.15) is 34.0 Å². The second-order valence-electron chi connectivity index (χ2n) is 7.31. The quantitative estimate of drug-likeness (QED) is 0.398. The van der Waals surface area contributed by atoms with Crippen LogP contribution in [0.3, 0.4) is 0 Å². The minimum absolute atomic E-state index is 0.0816. The van der Waals surface area contributed by atoms with Crippen molar-refractivity contribution in [2.75, 3.05) is 5.32 Å². The molecular formula is C24H21ClFN3O. The Labute approximate surface area is 179 Å². The number of rotatable bonds is 5. The Hall–Kier alpha value is -3.18. The average molecular weight is 422 g/mol. The lowest BCUT2D eigenvalue weighted by Crippen LogP contribution is -2.14. The van der Waals surface area contributed by atoms with E-state index in [2.05, 4.69) is 15.3 Å². The maximum atomic E-state index is 13.5. The first-order chi connectivity index (χ1) is 14.5. The summed E-state index contributed by atoms with van der Waals surface area (Å²) in [4.78, 5) is 8.89.